The van der Waals surface area contributed by atoms with Gasteiger partial charge < -0.3 is 10.4 Å². The zero-order valence-electron chi connectivity index (χ0n) is 11.5. The normalized spacial score (nSPS) is 25.0. The lowest BCUT2D eigenvalue weighted by Gasteiger charge is -2.09. The predicted molar refractivity (Wildman–Crippen MR) is 85.2 cm³/mol. The van der Waals surface area contributed by atoms with Gasteiger partial charge in [0.25, 0.3) is 0 Å². The number of carboxylic acid groups (broad SMARTS) is 1. The highest BCUT2D eigenvalue weighted by Crippen LogP contribution is 2.65. The van der Waals surface area contributed by atoms with Gasteiger partial charge in [0.1, 0.15) is 0 Å². The molecule has 110 valence electrons. The number of halogens is 1. The lowest BCUT2D eigenvalue weighted by atomic mass is 9.91. The molecule has 4 rings (SSSR count). The summed E-state index contributed by atoms with van der Waals surface area (Å²) in [5, 5.41) is 12.1. The quantitative estimate of drug-likeness (QED) is 0.863. The van der Waals surface area contributed by atoms with Crippen LogP contribution in [-0.4, -0.2) is 17.0 Å². The Hall–Kier alpha value is -2.14. The smallest absolute Gasteiger partial charge is 0.335 e. The number of amides is 1. The number of carbonyl (C=O) groups excluding carboxylic acids is 1. The minimum atomic E-state index is -0.975. The SMILES string of the molecule is O=C(O)c1ccc2c(c1)[C@]1(C[C@H]1c1cccc(Br)c1)C(=O)N2. The molecule has 2 aromatic rings. The average molecular weight is 358 g/mol. The number of carboxylic acids is 1. The number of anilines is 1. The molecule has 1 heterocycles. The molecular formula is C17H12BrNO3. The van der Waals surface area contributed by atoms with Crippen LogP contribution in [0.2, 0.25) is 0 Å². The molecule has 2 atom stereocenters. The van der Waals surface area contributed by atoms with Gasteiger partial charge in [0.15, 0.2) is 0 Å². The van der Waals surface area contributed by atoms with Crippen LogP contribution in [0.4, 0.5) is 5.69 Å². The Labute approximate surface area is 135 Å². The molecule has 22 heavy (non-hydrogen) atoms. The third kappa shape index (κ3) is 1.75. The van der Waals surface area contributed by atoms with Gasteiger partial charge in [-0.05, 0) is 47.9 Å². The fourth-order valence-electron chi connectivity index (χ4n) is 3.45. The summed E-state index contributed by atoms with van der Waals surface area (Å²) >= 11 is 3.45. The molecule has 0 aromatic heterocycles. The van der Waals surface area contributed by atoms with E-state index < -0.39 is 11.4 Å². The first-order valence-corrected chi connectivity index (χ1v) is 7.76. The Morgan fingerprint density at radius 1 is 1.27 bits per heavy atom. The molecule has 0 unspecified atom stereocenters. The molecule has 0 saturated heterocycles. The number of fused-ring (bicyclic) bond motifs is 2. The van der Waals surface area contributed by atoms with Gasteiger partial charge in [-0.25, -0.2) is 4.79 Å². The second kappa shape index (κ2) is 4.43. The Balaban J connectivity index is 1.81. The van der Waals surface area contributed by atoms with Crippen LogP contribution in [0.1, 0.15) is 33.8 Å². The molecule has 1 aliphatic carbocycles. The lowest BCUT2D eigenvalue weighted by Crippen LogP contribution is -2.21. The van der Waals surface area contributed by atoms with Crippen molar-refractivity contribution in [2.75, 3.05) is 5.32 Å². The summed E-state index contributed by atoms with van der Waals surface area (Å²) in [6, 6.07) is 12.8. The maximum Gasteiger partial charge on any atom is 0.335 e. The van der Waals surface area contributed by atoms with Gasteiger partial charge in [-0.2, -0.15) is 0 Å². The highest BCUT2D eigenvalue weighted by molar-refractivity contribution is 9.10. The van der Waals surface area contributed by atoms with E-state index in [-0.39, 0.29) is 17.4 Å². The van der Waals surface area contributed by atoms with Crippen LogP contribution in [0.15, 0.2) is 46.9 Å². The third-order valence-electron chi connectivity index (χ3n) is 4.61. The van der Waals surface area contributed by atoms with E-state index in [2.05, 4.69) is 21.2 Å². The van der Waals surface area contributed by atoms with Gasteiger partial charge in [0, 0.05) is 16.1 Å². The van der Waals surface area contributed by atoms with Crippen LogP contribution in [0.5, 0.6) is 0 Å². The molecular weight excluding hydrogens is 346 g/mol. The standard InChI is InChI=1S/C17H12BrNO3/c18-11-3-1-2-9(6-11)13-8-17(13)12-7-10(15(20)21)4-5-14(12)19-16(17)22/h1-7,13H,8H2,(H,19,22)(H,20,21)/t13-,17-/m0/s1. The highest BCUT2D eigenvalue weighted by Gasteiger charge is 2.65. The van der Waals surface area contributed by atoms with Crippen LogP contribution in [0, 0.1) is 0 Å². The summed E-state index contributed by atoms with van der Waals surface area (Å²) in [6.45, 7) is 0. The van der Waals surface area contributed by atoms with Crippen molar-refractivity contribution in [1.82, 2.24) is 0 Å². The fraction of sp³-hybridized carbons (Fsp3) is 0.176. The second-order valence-corrected chi connectivity index (χ2v) is 6.72. The Bertz CT molecular complexity index is 832. The van der Waals surface area contributed by atoms with Crippen molar-refractivity contribution in [3.63, 3.8) is 0 Å². The van der Waals surface area contributed by atoms with Crippen molar-refractivity contribution in [3.8, 4) is 0 Å². The van der Waals surface area contributed by atoms with Crippen LogP contribution >= 0.6 is 15.9 Å². The van der Waals surface area contributed by atoms with E-state index in [1.54, 1.807) is 12.1 Å². The van der Waals surface area contributed by atoms with E-state index >= 15 is 0 Å². The number of aromatic carboxylic acids is 1. The molecule has 1 saturated carbocycles. The Morgan fingerprint density at radius 2 is 2.09 bits per heavy atom. The van der Waals surface area contributed by atoms with Crippen molar-refractivity contribution < 1.29 is 14.7 Å². The summed E-state index contributed by atoms with van der Waals surface area (Å²) in [5.74, 6) is -0.915. The first kappa shape index (κ1) is 13.5. The molecule has 0 bridgehead atoms. The average Bonchev–Trinajstić information content (AvgIpc) is 3.17. The number of hydrogen-bond acceptors (Lipinski definition) is 2. The lowest BCUT2D eigenvalue weighted by molar-refractivity contribution is -0.118. The minimum Gasteiger partial charge on any atom is -0.478 e. The molecule has 5 heteroatoms. The van der Waals surface area contributed by atoms with Gasteiger partial charge in [-0.3, -0.25) is 4.79 Å². The van der Waals surface area contributed by atoms with Gasteiger partial charge >= 0.3 is 5.97 Å². The number of nitrogens with one attached hydrogen (secondary N) is 1. The summed E-state index contributed by atoms with van der Waals surface area (Å²) in [4.78, 5) is 23.7. The molecule has 2 N–H and O–H groups in total. The number of hydrogen-bond donors (Lipinski definition) is 2. The van der Waals surface area contributed by atoms with Crippen molar-refractivity contribution in [2.24, 2.45) is 0 Å². The number of rotatable bonds is 2. The third-order valence-corrected chi connectivity index (χ3v) is 5.11. The summed E-state index contributed by atoms with van der Waals surface area (Å²) in [7, 11) is 0. The predicted octanol–water partition coefficient (Wildman–Crippen LogP) is 3.52. The zero-order valence-corrected chi connectivity index (χ0v) is 13.1. The largest absolute Gasteiger partial charge is 0.478 e. The Kier molecular flexibility index (Phi) is 2.72. The van der Waals surface area contributed by atoms with Crippen LogP contribution < -0.4 is 5.32 Å². The number of carbonyl (C=O) groups is 2. The molecule has 1 spiro atoms. The molecule has 1 fully saturated rings. The molecule has 1 amide bonds. The van der Waals surface area contributed by atoms with E-state index in [1.807, 2.05) is 24.3 Å². The summed E-state index contributed by atoms with van der Waals surface area (Å²) < 4.78 is 0.977. The van der Waals surface area contributed by atoms with Gasteiger partial charge in [-0.15, -0.1) is 0 Å². The molecule has 1 aliphatic heterocycles. The van der Waals surface area contributed by atoms with Crippen molar-refractivity contribution >= 4 is 33.5 Å². The van der Waals surface area contributed by atoms with Gasteiger partial charge in [0.2, 0.25) is 5.91 Å². The maximum absolute atomic E-state index is 12.5. The molecule has 2 aromatic carbocycles. The summed E-state index contributed by atoms with van der Waals surface area (Å²) in [6.07, 6.45) is 0.714. The first-order chi connectivity index (χ1) is 10.5. The number of benzene rings is 2. The molecule has 0 radical (unpaired) electrons. The topological polar surface area (TPSA) is 66.4 Å². The zero-order chi connectivity index (χ0) is 15.5. The first-order valence-electron chi connectivity index (χ1n) is 6.97. The maximum atomic E-state index is 12.5. The van der Waals surface area contributed by atoms with Crippen LogP contribution in [0.25, 0.3) is 0 Å². The van der Waals surface area contributed by atoms with Crippen LogP contribution in [-0.2, 0) is 10.2 Å². The van der Waals surface area contributed by atoms with Crippen molar-refractivity contribution in [3.05, 3.63) is 63.6 Å². The molecule has 4 nitrogen and oxygen atoms in total. The second-order valence-electron chi connectivity index (χ2n) is 5.80. The van der Waals surface area contributed by atoms with E-state index in [1.165, 1.54) is 6.07 Å². The van der Waals surface area contributed by atoms with Crippen LogP contribution in [0.3, 0.4) is 0 Å². The summed E-state index contributed by atoms with van der Waals surface area (Å²) in [5.41, 5.74) is 2.24. The Morgan fingerprint density at radius 3 is 2.82 bits per heavy atom. The van der Waals surface area contributed by atoms with Gasteiger partial charge in [-0.1, -0.05) is 28.1 Å². The van der Waals surface area contributed by atoms with Crippen molar-refractivity contribution in [1.29, 1.82) is 0 Å². The van der Waals surface area contributed by atoms with E-state index in [9.17, 15) is 14.7 Å². The van der Waals surface area contributed by atoms with E-state index in [4.69, 9.17) is 0 Å². The van der Waals surface area contributed by atoms with E-state index in [0.29, 0.717) is 6.42 Å². The highest BCUT2D eigenvalue weighted by atomic mass is 79.9. The molecule has 2 aliphatic rings. The van der Waals surface area contributed by atoms with Crippen molar-refractivity contribution in [2.45, 2.75) is 17.8 Å². The fourth-order valence-corrected chi connectivity index (χ4v) is 3.87. The minimum absolute atomic E-state index is 0.0324. The van der Waals surface area contributed by atoms with E-state index in [0.717, 1.165) is 21.3 Å². The van der Waals surface area contributed by atoms with Gasteiger partial charge in [0.05, 0.1) is 11.0 Å². The monoisotopic (exact) mass is 357 g/mol.